The molecule has 1 heterocycles. The van der Waals surface area contributed by atoms with Gasteiger partial charge in [0.2, 0.25) is 5.82 Å². The Morgan fingerprint density at radius 3 is 2.93 bits per heavy atom. The van der Waals surface area contributed by atoms with Crippen LogP contribution in [0.25, 0.3) is 0 Å². The molecule has 0 aliphatic carbocycles. The van der Waals surface area contributed by atoms with E-state index in [1.165, 1.54) is 0 Å². The van der Waals surface area contributed by atoms with Gasteiger partial charge in [0.05, 0.1) is 6.10 Å². The number of aryl methyl sites for hydroxylation is 1. The third-order valence-electron chi connectivity index (χ3n) is 1.80. The van der Waals surface area contributed by atoms with E-state index in [1.54, 1.807) is 6.92 Å². The Labute approximate surface area is 88.4 Å². The van der Waals surface area contributed by atoms with Gasteiger partial charge in [0.25, 0.3) is 5.91 Å². The Bertz CT molecular complexity index is 324. The first-order valence-corrected chi connectivity index (χ1v) is 4.92. The molecule has 0 fully saturated rings. The van der Waals surface area contributed by atoms with Crippen LogP contribution in [0.4, 0.5) is 0 Å². The summed E-state index contributed by atoms with van der Waals surface area (Å²) in [6.07, 6.45) is -0.000936. The van der Waals surface area contributed by atoms with Gasteiger partial charge in [-0.15, -0.1) is 5.10 Å². The zero-order valence-corrected chi connectivity index (χ0v) is 9.20. The van der Waals surface area contributed by atoms with E-state index >= 15 is 0 Å². The van der Waals surface area contributed by atoms with Crippen molar-refractivity contribution < 1.29 is 9.53 Å². The molecule has 1 amide bonds. The van der Waals surface area contributed by atoms with Crippen LogP contribution < -0.4 is 5.32 Å². The third kappa shape index (κ3) is 3.67. The van der Waals surface area contributed by atoms with E-state index in [1.807, 2.05) is 13.8 Å². The molecule has 1 rings (SSSR count). The van der Waals surface area contributed by atoms with Crippen molar-refractivity contribution in [3.8, 4) is 0 Å². The second kappa shape index (κ2) is 5.45. The second-order valence-electron chi connectivity index (χ2n) is 3.22. The summed E-state index contributed by atoms with van der Waals surface area (Å²) in [4.78, 5) is 15.4. The summed E-state index contributed by atoms with van der Waals surface area (Å²) in [6.45, 7) is 6.65. The van der Waals surface area contributed by atoms with Gasteiger partial charge in [0, 0.05) is 13.2 Å². The summed E-state index contributed by atoms with van der Waals surface area (Å²) in [5.41, 5.74) is 0. The van der Waals surface area contributed by atoms with Gasteiger partial charge in [-0.25, -0.2) is 4.98 Å². The maximum absolute atomic E-state index is 11.5. The molecule has 1 unspecified atom stereocenters. The molecule has 0 radical (unpaired) electrons. The number of carbonyl (C=O) groups excluding carboxylic acids is 1. The van der Waals surface area contributed by atoms with Crippen LogP contribution >= 0.6 is 0 Å². The molecule has 0 aromatic carbocycles. The van der Waals surface area contributed by atoms with Crippen LogP contribution in [-0.4, -0.2) is 40.3 Å². The summed E-state index contributed by atoms with van der Waals surface area (Å²) in [7, 11) is 0. The fourth-order valence-corrected chi connectivity index (χ4v) is 1.10. The smallest absolute Gasteiger partial charge is 0.291 e. The van der Waals surface area contributed by atoms with Crippen molar-refractivity contribution in [2.45, 2.75) is 26.9 Å². The SMILES string of the molecule is CCOC(C)CNC(=O)c1n[nH]c(C)n1. The number of hydrogen-bond donors (Lipinski definition) is 2. The molecule has 6 nitrogen and oxygen atoms in total. The number of aromatic nitrogens is 3. The van der Waals surface area contributed by atoms with Crippen LogP contribution in [0.2, 0.25) is 0 Å². The quantitative estimate of drug-likeness (QED) is 0.734. The predicted molar refractivity (Wildman–Crippen MR) is 54.5 cm³/mol. The monoisotopic (exact) mass is 212 g/mol. The highest BCUT2D eigenvalue weighted by molar-refractivity contribution is 5.90. The molecule has 1 atom stereocenters. The van der Waals surface area contributed by atoms with Crippen LogP contribution in [0.15, 0.2) is 0 Å². The summed E-state index contributed by atoms with van der Waals surface area (Å²) in [5.74, 6) is 0.500. The fourth-order valence-electron chi connectivity index (χ4n) is 1.10. The standard InChI is InChI=1S/C9H16N4O2/c1-4-15-6(2)5-10-9(14)8-11-7(3)12-13-8/h6H,4-5H2,1-3H3,(H,10,14)(H,11,12,13). The van der Waals surface area contributed by atoms with E-state index < -0.39 is 0 Å². The van der Waals surface area contributed by atoms with Crippen molar-refractivity contribution in [2.24, 2.45) is 0 Å². The highest BCUT2D eigenvalue weighted by Crippen LogP contribution is 1.92. The molecule has 0 bridgehead atoms. The Morgan fingerprint density at radius 1 is 1.67 bits per heavy atom. The van der Waals surface area contributed by atoms with E-state index in [-0.39, 0.29) is 17.8 Å². The molecule has 15 heavy (non-hydrogen) atoms. The van der Waals surface area contributed by atoms with Crippen LogP contribution in [0, 0.1) is 6.92 Å². The minimum absolute atomic E-state index is 0.000936. The number of H-pyrrole nitrogens is 1. The lowest BCUT2D eigenvalue weighted by Gasteiger charge is -2.11. The number of ether oxygens (including phenoxy) is 1. The first kappa shape index (κ1) is 11.6. The highest BCUT2D eigenvalue weighted by Gasteiger charge is 2.11. The molecule has 1 aromatic rings. The van der Waals surface area contributed by atoms with Crippen molar-refractivity contribution in [3.05, 3.63) is 11.6 Å². The third-order valence-corrected chi connectivity index (χ3v) is 1.80. The van der Waals surface area contributed by atoms with Gasteiger partial charge in [-0.3, -0.25) is 9.89 Å². The zero-order chi connectivity index (χ0) is 11.3. The number of amides is 1. The zero-order valence-electron chi connectivity index (χ0n) is 9.20. The summed E-state index contributed by atoms with van der Waals surface area (Å²) in [6, 6.07) is 0. The first-order valence-electron chi connectivity index (χ1n) is 4.92. The van der Waals surface area contributed by atoms with Crippen molar-refractivity contribution >= 4 is 5.91 Å². The van der Waals surface area contributed by atoms with Gasteiger partial charge in [0.15, 0.2) is 0 Å². The topological polar surface area (TPSA) is 79.9 Å². The van der Waals surface area contributed by atoms with Crippen molar-refractivity contribution in [3.63, 3.8) is 0 Å². The van der Waals surface area contributed by atoms with Gasteiger partial charge in [-0.2, -0.15) is 0 Å². The second-order valence-corrected chi connectivity index (χ2v) is 3.22. The van der Waals surface area contributed by atoms with Gasteiger partial charge in [-0.1, -0.05) is 0 Å². The first-order chi connectivity index (χ1) is 7.13. The number of nitrogens with one attached hydrogen (secondary N) is 2. The van der Waals surface area contributed by atoms with Crippen LogP contribution in [0.1, 0.15) is 30.3 Å². The normalized spacial score (nSPS) is 12.5. The minimum Gasteiger partial charge on any atom is -0.377 e. The molecule has 0 spiro atoms. The van der Waals surface area contributed by atoms with E-state index in [2.05, 4.69) is 20.5 Å². The Hall–Kier alpha value is -1.43. The molecule has 2 N–H and O–H groups in total. The lowest BCUT2D eigenvalue weighted by Crippen LogP contribution is -2.32. The summed E-state index contributed by atoms with van der Waals surface area (Å²) >= 11 is 0. The van der Waals surface area contributed by atoms with Crippen molar-refractivity contribution in [2.75, 3.05) is 13.2 Å². The van der Waals surface area contributed by atoms with Gasteiger partial charge in [-0.05, 0) is 20.8 Å². The van der Waals surface area contributed by atoms with E-state index in [0.29, 0.717) is 19.0 Å². The Kier molecular flexibility index (Phi) is 4.23. The van der Waals surface area contributed by atoms with Crippen LogP contribution in [0.5, 0.6) is 0 Å². The summed E-state index contributed by atoms with van der Waals surface area (Å²) in [5, 5.41) is 9.05. The van der Waals surface area contributed by atoms with Gasteiger partial charge in [0.1, 0.15) is 5.82 Å². The molecule has 0 saturated heterocycles. The molecule has 84 valence electrons. The molecular weight excluding hydrogens is 196 g/mol. The van der Waals surface area contributed by atoms with E-state index in [4.69, 9.17) is 4.74 Å². The average molecular weight is 212 g/mol. The largest absolute Gasteiger partial charge is 0.377 e. The van der Waals surface area contributed by atoms with Crippen LogP contribution in [0.3, 0.4) is 0 Å². The number of hydrogen-bond acceptors (Lipinski definition) is 4. The number of carbonyl (C=O) groups is 1. The molecule has 0 saturated carbocycles. The lowest BCUT2D eigenvalue weighted by molar-refractivity contribution is 0.0691. The maximum Gasteiger partial charge on any atom is 0.291 e. The predicted octanol–water partition coefficient (Wildman–Crippen LogP) is 0.268. The maximum atomic E-state index is 11.5. The van der Waals surface area contributed by atoms with Gasteiger partial charge < -0.3 is 10.1 Å². The van der Waals surface area contributed by atoms with Crippen molar-refractivity contribution in [1.29, 1.82) is 0 Å². The average Bonchev–Trinajstić information content (AvgIpc) is 2.62. The Balaban J connectivity index is 2.36. The summed E-state index contributed by atoms with van der Waals surface area (Å²) < 4.78 is 5.27. The van der Waals surface area contributed by atoms with Crippen LogP contribution in [-0.2, 0) is 4.74 Å². The highest BCUT2D eigenvalue weighted by atomic mass is 16.5. The van der Waals surface area contributed by atoms with E-state index in [0.717, 1.165) is 0 Å². The lowest BCUT2D eigenvalue weighted by atomic mass is 10.4. The Morgan fingerprint density at radius 2 is 2.40 bits per heavy atom. The van der Waals surface area contributed by atoms with Crippen molar-refractivity contribution in [1.82, 2.24) is 20.5 Å². The number of rotatable bonds is 5. The van der Waals surface area contributed by atoms with Gasteiger partial charge >= 0.3 is 0 Å². The molecular formula is C9H16N4O2. The number of aromatic amines is 1. The van der Waals surface area contributed by atoms with E-state index in [9.17, 15) is 4.79 Å². The molecule has 0 aliphatic rings. The molecule has 6 heteroatoms. The fraction of sp³-hybridized carbons (Fsp3) is 0.667. The molecule has 0 aliphatic heterocycles. The number of nitrogens with zero attached hydrogens (tertiary/aromatic N) is 2. The molecule has 1 aromatic heterocycles. The minimum atomic E-state index is -0.286.